The van der Waals surface area contributed by atoms with Crippen molar-refractivity contribution in [2.24, 2.45) is 5.92 Å². The molecule has 1 saturated carbocycles. The number of aryl methyl sites for hydroxylation is 1. The monoisotopic (exact) mass is 336 g/mol. The summed E-state index contributed by atoms with van der Waals surface area (Å²) in [4.78, 5) is 12.1. The van der Waals surface area contributed by atoms with Crippen LogP contribution < -0.4 is 10.6 Å². The van der Waals surface area contributed by atoms with Crippen LogP contribution >= 0.6 is 11.6 Å². The van der Waals surface area contributed by atoms with E-state index in [1.54, 1.807) is 17.1 Å². The van der Waals surface area contributed by atoms with Crippen LogP contribution in [0.25, 0.3) is 0 Å². The Bertz CT molecular complexity index is 690. The number of rotatable bonds is 6. The first-order valence-corrected chi connectivity index (χ1v) is 8.19. The van der Waals surface area contributed by atoms with E-state index in [9.17, 15) is 4.79 Å². The second-order valence-corrected chi connectivity index (χ2v) is 6.43. The average molecular weight is 337 g/mol. The molecule has 0 radical (unpaired) electrons. The minimum Gasteiger partial charge on any atom is -0.336 e. The van der Waals surface area contributed by atoms with Gasteiger partial charge >= 0.3 is 6.03 Å². The van der Waals surface area contributed by atoms with E-state index < -0.39 is 0 Å². The van der Waals surface area contributed by atoms with Gasteiger partial charge in [-0.15, -0.1) is 0 Å². The van der Waals surface area contributed by atoms with Crippen molar-refractivity contribution in [2.45, 2.75) is 39.3 Å². The van der Waals surface area contributed by atoms with E-state index >= 15 is 0 Å². The van der Waals surface area contributed by atoms with Gasteiger partial charge in [-0.2, -0.15) is 10.2 Å². The lowest BCUT2D eigenvalue weighted by molar-refractivity contribution is 0.251. The third-order valence-corrected chi connectivity index (χ3v) is 4.21. The van der Waals surface area contributed by atoms with Crippen LogP contribution in [0.3, 0.4) is 0 Å². The third-order valence-electron chi connectivity index (χ3n) is 4.02. The van der Waals surface area contributed by atoms with Crippen molar-refractivity contribution in [1.29, 1.82) is 0 Å². The minimum atomic E-state index is -0.243. The number of urea groups is 1. The molecule has 7 nitrogen and oxygen atoms in total. The van der Waals surface area contributed by atoms with Crippen LogP contribution in [0.5, 0.6) is 0 Å². The summed E-state index contributed by atoms with van der Waals surface area (Å²) in [5.74, 6) is 1.41. The first-order chi connectivity index (χ1) is 11.0. The van der Waals surface area contributed by atoms with Crippen molar-refractivity contribution in [3.63, 3.8) is 0 Å². The molecule has 1 unspecified atom stereocenters. The Hall–Kier alpha value is -2.02. The molecule has 1 fully saturated rings. The van der Waals surface area contributed by atoms with Gasteiger partial charge in [0.15, 0.2) is 0 Å². The molecule has 23 heavy (non-hydrogen) atoms. The topological polar surface area (TPSA) is 76.8 Å². The molecule has 3 rings (SSSR count). The molecule has 0 saturated heterocycles. The Morgan fingerprint density at radius 2 is 2.30 bits per heavy atom. The van der Waals surface area contributed by atoms with E-state index in [0.29, 0.717) is 30.1 Å². The van der Waals surface area contributed by atoms with E-state index in [1.807, 2.05) is 17.7 Å². The maximum absolute atomic E-state index is 12.1. The maximum atomic E-state index is 12.1. The zero-order valence-corrected chi connectivity index (χ0v) is 14.0. The molecule has 2 aromatic heterocycles. The average Bonchev–Trinajstić information content (AvgIpc) is 3.18. The number of carbonyl (C=O) groups is 1. The zero-order valence-electron chi connectivity index (χ0n) is 13.3. The van der Waals surface area contributed by atoms with Crippen molar-refractivity contribution in [3.05, 3.63) is 29.2 Å². The number of hydrogen-bond acceptors (Lipinski definition) is 3. The Labute approximate surface area is 140 Å². The molecule has 2 amide bonds. The summed E-state index contributed by atoms with van der Waals surface area (Å²) in [7, 11) is 0. The SMILES string of the molecule is Cc1cc(NC(=O)NCCn2cc(Cl)cn2)n(C(C)C2CC2)n1. The predicted molar refractivity (Wildman–Crippen MR) is 88.7 cm³/mol. The number of hydrogen-bond donors (Lipinski definition) is 2. The maximum Gasteiger partial charge on any atom is 0.320 e. The highest BCUT2D eigenvalue weighted by Crippen LogP contribution is 2.40. The first kappa shape index (κ1) is 15.9. The molecule has 0 aliphatic heterocycles. The summed E-state index contributed by atoms with van der Waals surface area (Å²) in [5, 5.41) is 14.8. The summed E-state index contributed by atoms with van der Waals surface area (Å²) in [6.45, 7) is 5.11. The molecular weight excluding hydrogens is 316 g/mol. The number of halogens is 1. The van der Waals surface area contributed by atoms with Gasteiger partial charge in [0, 0.05) is 18.8 Å². The summed E-state index contributed by atoms with van der Waals surface area (Å²) in [6.07, 6.45) is 5.76. The smallest absolute Gasteiger partial charge is 0.320 e. The standard InChI is InChI=1S/C15H21ClN6O/c1-10-7-14(22(20-10)11(2)12-3-4-12)19-15(23)17-5-6-21-9-13(16)8-18-21/h7-9,11-12H,3-6H2,1-2H3,(H2,17,19,23). The molecule has 1 atom stereocenters. The number of amides is 2. The van der Waals surface area contributed by atoms with E-state index in [0.717, 1.165) is 11.5 Å². The highest BCUT2D eigenvalue weighted by Gasteiger charge is 2.31. The number of aromatic nitrogens is 4. The van der Waals surface area contributed by atoms with Crippen molar-refractivity contribution < 1.29 is 4.79 Å². The molecule has 8 heteroatoms. The molecule has 124 valence electrons. The van der Waals surface area contributed by atoms with Gasteiger partial charge < -0.3 is 5.32 Å². The van der Waals surface area contributed by atoms with Crippen LogP contribution in [0, 0.1) is 12.8 Å². The summed E-state index contributed by atoms with van der Waals surface area (Å²) in [5.41, 5.74) is 0.902. The Morgan fingerprint density at radius 1 is 1.52 bits per heavy atom. The van der Waals surface area contributed by atoms with Gasteiger partial charge in [0.2, 0.25) is 0 Å². The Morgan fingerprint density at radius 3 is 2.96 bits per heavy atom. The number of anilines is 1. The third kappa shape index (κ3) is 4.04. The molecule has 2 aromatic rings. The van der Waals surface area contributed by atoms with Crippen LogP contribution in [0.2, 0.25) is 5.02 Å². The molecule has 0 bridgehead atoms. The molecule has 2 N–H and O–H groups in total. The predicted octanol–water partition coefficient (Wildman–Crippen LogP) is 2.83. The lowest BCUT2D eigenvalue weighted by Crippen LogP contribution is -2.32. The van der Waals surface area contributed by atoms with Gasteiger partial charge in [-0.1, -0.05) is 11.6 Å². The van der Waals surface area contributed by atoms with Gasteiger partial charge in [0.1, 0.15) is 5.82 Å². The van der Waals surface area contributed by atoms with Crippen LogP contribution in [-0.2, 0) is 6.54 Å². The number of carbonyl (C=O) groups excluding carboxylic acids is 1. The molecule has 1 aliphatic carbocycles. The van der Waals surface area contributed by atoms with Gasteiger partial charge in [-0.25, -0.2) is 9.48 Å². The van der Waals surface area contributed by atoms with Gasteiger partial charge in [0.25, 0.3) is 0 Å². The van der Waals surface area contributed by atoms with Crippen LogP contribution in [-0.4, -0.2) is 32.1 Å². The van der Waals surface area contributed by atoms with Crippen molar-refractivity contribution in [2.75, 3.05) is 11.9 Å². The van der Waals surface area contributed by atoms with Gasteiger partial charge in [-0.05, 0) is 32.6 Å². The van der Waals surface area contributed by atoms with Crippen LogP contribution in [0.1, 0.15) is 31.5 Å². The van der Waals surface area contributed by atoms with Crippen LogP contribution in [0.4, 0.5) is 10.6 Å². The van der Waals surface area contributed by atoms with E-state index in [2.05, 4.69) is 27.8 Å². The second-order valence-electron chi connectivity index (χ2n) is 6.00. The van der Waals surface area contributed by atoms with Crippen molar-refractivity contribution >= 4 is 23.4 Å². The largest absolute Gasteiger partial charge is 0.336 e. The van der Waals surface area contributed by atoms with E-state index in [1.165, 1.54) is 12.8 Å². The number of nitrogens with zero attached hydrogens (tertiary/aromatic N) is 4. The van der Waals surface area contributed by atoms with Gasteiger partial charge in [0.05, 0.1) is 29.5 Å². The summed E-state index contributed by atoms with van der Waals surface area (Å²) < 4.78 is 3.60. The molecule has 2 heterocycles. The molecule has 0 spiro atoms. The van der Waals surface area contributed by atoms with Crippen LogP contribution in [0.15, 0.2) is 18.5 Å². The quantitative estimate of drug-likeness (QED) is 0.851. The lowest BCUT2D eigenvalue weighted by atomic mass is 10.2. The molecule has 1 aliphatic rings. The second kappa shape index (κ2) is 6.62. The van der Waals surface area contributed by atoms with E-state index in [4.69, 9.17) is 11.6 Å². The van der Waals surface area contributed by atoms with E-state index in [-0.39, 0.29) is 6.03 Å². The number of nitrogens with one attached hydrogen (secondary N) is 2. The summed E-state index contributed by atoms with van der Waals surface area (Å²) in [6, 6.07) is 1.96. The normalized spacial score (nSPS) is 15.4. The van der Waals surface area contributed by atoms with Crippen molar-refractivity contribution in [1.82, 2.24) is 24.9 Å². The zero-order chi connectivity index (χ0) is 16.4. The first-order valence-electron chi connectivity index (χ1n) is 7.82. The highest BCUT2D eigenvalue weighted by molar-refractivity contribution is 6.30. The fourth-order valence-corrected chi connectivity index (χ4v) is 2.76. The minimum absolute atomic E-state index is 0.243. The van der Waals surface area contributed by atoms with Crippen molar-refractivity contribution in [3.8, 4) is 0 Å². The highest BCUT2D eigenvalue weighted by atomic mass is 35.5. The summed E-state index contributed by atoms with van der Waals surface area (Å²) >= 11 is 5.80. The fourth-order valence-electron chi connectivity index (χ4n) is 2.60. The Kier molecular flexibility index (Phi) is 4.56. The lowest BCUT2D eigenvalue weighted by Gasteiger charge is -2.15. The molecule has 0 aromatic carbocycles. The van der Waals surface area contributed by atoms with Gasteiger partial charge in [-0.3, -0.25) is 10.00 Å². The molecular formula is C15H21ClN6O. The fraction of sp³-hybridized carbons (Fsp3) is 0.533. The Balaban J connectivity index is 1.53.